The van der Waals surface area contributed by atoms with Crippen molar-refractivity contribution in [3.63, 3.8) is 0 Å². The van der Waals surface area contributed by atoms with E-state index in [0.717, 1.165) is 17.7 Å². The molecule has 0 spiro atoms. The van der Waals surface area contributed by atoms with E-state index in [4.69, 9.17) is 4.98 Å². The highest BCUT2D eigenvalue weighted by Crippen LogP contribution is 2.35. The van der Waals surface area contributed by atoms with E-state index in [0.29, 0.717) is 12.1 Å². The van der Waals surface area contributed by atoms with Crippen molar-refractivity contribution in [3.8, 4) is 0 Å². The molecule has 2 aliphatic rings. The Hall–Kier alpha value is -1.42. The molecule has 1 N–H and O–H groups in total. The van der Waals surface area contributed by atoms with Crippen LogP contribution in [0.1, 0.15) is 62.9 Å². The van der Waals surface area contributed by atoms with Crippen molar-refractivity contribution in [2.24, 2.45) is 0 Å². The average Bonchev–Trinajstić information content (AvgIpc) is 3.15. The van der Waals surface area contributed by atoms with Crippen molar-refractivity contribution in [1.82, 2.24) is 19.9 Å². The third-order valence-electron chi connectivity index (χ3n) is 4.79. The minimum Gasteiger partial charge on any atom is -0.308 e. The van der Waals surface area contributed by atoms with Crippen LogP contribution in [0.25, 0.3) is 11.2 Å². The summed E-state index contributed by atoms with van der Waals surface area (Å²) in [6, 6.07) is 5.11. The number of nitrogens with one attached hydrogen (secondary N) is 1. The molecule has 2 aromatic heterocycles. The Kier molecular flexibility index (Phi) is 3.19. The first kappa shape index (κ1) is 12.3. The summed E-state index contributed by atoms with van der Waals surface area (Å²) in [6.45, 7) is 1.12. The fourth-order valence-electron chi connectivity index (χ4n) is 3.80. The van der Waals surface area contributed by atoms with Gasteiger partial charge in [0.2, 0.25) is 0 Å². The van der Waals surface area contributed by atoms with E-state index >= 15 is 0 Å². The van der Waals surface area contributed by atoms with Crippen molar-refractivity contribution < 1.29 is 0 Å². The van der Waals surface area contributed by atoms with Gasteiger partial charge in [-0.1, -0.05) is 19.3 Å². The Morgan fingerprint density at radius 1 is 1.10 bits per heavy atom. The van der Waals surface area contributed by atoms with Gasteiger partial charge in [0.1, 0.15) is 11.3 Å². The molecule has 1 unspecified atom stereocenters. The molecule has 2 aromatic rings. The lowest BCUT2D eigenvalue weighted by Gasteiger charge is -2.26. The number of imidazole rings is 1. The summed E-state index contributed by atoms with van der Waals surface area (Å²) in [4.78, 5) is 9.53. The van der Waals surface area contributed by atoms with E-state index in [1.54, 1.807) is 0 Å². The van der Waals surface area contributed by atoms with Crippen LogP contribution in [0, 0.1) is 0 Å². The van der Waals surface area contributed by atoms with Gasteiger partial charge in [0.05, 0.1) is 6.04 Å². The number of rotatable bonds is 2. The fraction of sp³-hybridized carbons (Fsp3) is 0.625. The summed E-state index contributed by atoms with van der Waals surface area (Å²) >= 11 is 0. The molecule has 0 aromatic carbocycles. The fourth-order valence-corrected chi connectivity index (χ4v) is 3.80. The van der Waals surface area contributed by atoms with Gasteiger partial charge >= 0.3 is 0 Å². The second kappa shape index (κ2) is 5.17. The molecular weight excluding hydrogens is 248 g/mol. The number of hydrogen-bond acceptors (Lipinski definition) is 3. The van der Waals surface area contributed by atoms with E-state index in [-0.39, 0.29) is 0 Å². The van der Waals surface area contributed by atoms with Gasteiger partial charge in [-0.3, -0.25) is 0 Å². The van der Waals surface area contributed by atoms with Crippen molar-refractivity contribution >= 4 is 11.2 Å². The summed E-state index contributed by atoms with van der Waals surface area (Å²) in [5, 5.41) is 3.60. The van der Waals surface area contributed by atoms with Gasteiger partial charge in [0.15, 0.2) is 5.65 Å². The van der Waals surface area contributed by atoms with Crippen molar-refractivity contribution in [3.05, 3.63) is 24.2 Å². The predicted molar refractivity (Wildman–Crippen MR) is 79.6 cm³/mol. The summed E-state index contributed by atoms with van der Waals surface area (Å²) in [7, 11) is 0. The first-order valence-electron chi connectivity index (χ1n) is 8.00. The molecule has 4 heteroatoms. The number of nitrogens with zero attached hydrogens (tertiary/aromatic N) is 3. The summed E-state index contributed by atoms with van der Waals surface area (Å²) in [5.41, 5.74) is 2.14. The average molecular weight is 270 g/mol. The van der Waals surface area contributed by atoms with Crippen molar-refractivity contribution in [2.45, 2.75) is 57.0 Å². The molecule has 1 saturated heterocycles. The molecule has 1 aliphatic carbocycles. The molecule has 1 atom stereocenters. The monoisotopic (exact) mass is 270 g/mol. The Bertz CT molecular complexity index is 592. The van der Waals surface area contributed by atoms with Gasteiger partial charge in [0.25, 0.3) is 0 Å². The van der Waals surface area contributed by atoms with E-state index < -0.39 is 0 Å². The van der Waals surface area contributed by atoms with Crippen LogP contribution in [-0.4, -0.2) is 21.1 Å². The zero-order valence-corrected chi connectivity index (χ0v) is 11.9. The highest BCUT2D eigenvalue weighted by molar-refractivity contribution is 5.71. The van der Waals surface area contributed by atoms with Crippen LogP contribution in [0.3, 0.4) is 0 Å². The second-order valence-electron chi connectivity index (χ2n) is 6.13. The third kappa shape index (κ3) is 2.03. The molecule has 1 aliphatic heterocycles. The largest absolute Gasteiger partial charge is 0.308 e. The Morgan fingerprint density at radius 3 is 2.80 bits per heavy atom. The van der Waals surface area contributed by atoms with Crippen LogP contribution in [0.15, 0.2) is 18.3 Å². The standard InChI is InChI=1S/C16H22N4/c1-2-6-12(7-3-1)20-15-14(9-5-11-18-15)19-16(20)13-8-4-10-17-13/h5,9,11-13,17H,1-4,6-8,10H2. The predicted octanol–water partition coefficient (Wildman–Crippen LogP) is 3.36. The molecule has 3 heterocycles. The number of fused-ring (bicyclic) bond motifs is 1. The topological polar surface area (TPSA) is 42.7 Å². The first-order valence-corrected chi connectivity index (χ1v) is 8.00. The molecule has 106 valence electrons. The Balaban J connectivity index is 1.83. The SMILES string of the molecule is c1cnc2c(c1)nc(C1CCCN1)n2C1CCCCC1. The molecule has 4 nitrogen and oxygen atoms in total. The van der Waals surface area contributed by atoms with E-state index in [1.807, 2.05) is 12.3 Å². The third-order valence-corrected chi connectivity index (χ3v) is 4.79. The second-order valence-corrected chi connectivity index (χ2v) is 6.13. The van der Waals surface area contributed by atoms with Crippen LogP contribution in [0.2, 0.25) is 0 Å². The lowest BCUT2D eigenvalue weighted by Crippen LogP contribution is -2.22. The van der Waals surface area contributed by atoms with E-state index in [1.165, 1.54) is 50.8 Å². The van der Waals surface area contributed by atoms with Crippen LogP contribution in [0.5, 0.6) is 0 Å². The first-order chi connectivity index (χ1) is 9.93. The smallest absolute Gasteiger partial charge is 0.160 e. The normalized spacial score (nSPS) is 24.5. The summed E-state index contributed by atoms with van der Waals surface area (Å²) < 4.78 is 2.46. The highest BCUT2D eigenvalue weighted by atomic mass is 15.2. The number of hydrogen-bond donors (Lipinski definition) is 1. The molecule has 0 amide bonds. The quantitative estimate of drug-likeness (QED) is 0.910. The van der Waals surface area contributed by atoms with Crippen LogP contribution in [-0.2, 0) is 0 Å². The van der Waals surface area contributed by atoms with Crippen LogP contribution in [0.4, 0.5) is 0 Å². The number of aromatic nitrogens is 3. The molecule has 20 heavy (non-hydrogen) atoms. The maximum atomic E-state index is 4.91. The van der Waals surface area contributed by atoms with Crippen LogP contribution < -0.4 is 5.32 Å². The maximum absolute atomic E-state index is 4.91. The Labute approximate surface area is 119 Å². The summed E-state index contributed by atoms with van der Waals surface area (Å²) in [5.74, 6) is 1.23. The van der Waals surface area contributed by atoms with Gasteiger partial charge < -0.3 is 9.88 Å². The zero-order chi connectivity index (χ0) is 13.4. The lowest BCUT2D eigenvalue weighted by atomic mass is 9.95. The van der Waals surface area contributed by atoms with Gasteiger partial charge in [-0.05, 0) is 44.4 Å². The van der Waals surface area contributed by atoms with Gasteiger partial charge in [-0.15, -0.1) is 0 Å². The molecule has 1 saturated carbocycles. The minimum atomic E-state index is 0.422. The van der Waals surface area contributed by atoms with Gasteiger partial charge in [0, 0.05) is 12.2 Å². The minimum absolute atomic E-state index is 0.422. The molecule has 0 radical (unpaired) electrons. The van der Waals surface area contributed by atoms with Crippen molar-refractivity contribution in [1.29, 1.82) is 0 Å². The van der Waals surface area contributed by atoms with Crippen LogP contribution >= 0.6 is 0 Å². The Morgan fingerprint density at radius 2 is 2.00 bits per heavy atom. The summed E-state index contributed by atoms with van der Waals surface area (Å²) in [6.07, 6.45) is 11.0. The van der Waals surface area contributed by atoms with E-state index in [9.17, 15) is 0 Å². The van der Waals surface area contributed by atoms with Gasteiger partial charge in [-0.2, -0.15) is 0 Å². The molecule has 0 bridgehead atoms. The van der Waals surface area contributed by atoms with Crippen molar-refractivity contribution in [2.75, 3.05) is 6.54 Å². The maximum Gasteiger partial charge on any atom is 0.160 e. The number of pyridine rings is 1. The van der Waals surface area contributed by atoms with E-state index in [2.05, 4.69) is 20.9 Å². The van der Waals surface area contributed by atoms with Gasteiger partial charge in [-0.25, -0.2) is 9.97 Å². The molecule has 2 fully saturated rings. The molecular formula is C16H22N4. The highest BCUT2D eigenvalue weighted by Gasteiger charge is 2.27. The molecule has 4 rings (SSSR count). The lowest BCUT2D eigenvalue weighted by molar-refractivity contribution is 0.343. The zero-order valence-electron chi connectivity index (χ0n) is 11.9.